The molecular formula is C17H28N2O. The number of ether oxygens (including phenoxy) is 1. The van der Waals surface area contributed by atoms with E-state index in [1.54, 1.807) is 0 Å². The summed E-state index contributed by atoms with van der Waals surface area (Å²) in [5.41, 5.74) is 7.03. The average molecular weight is 276 g/mol. The van der Waals surface area contributed by atoms with Crippen LogP contribution in [0.15, 0.2) is 24.3 Å². The zero-order valence-corrected chi connectivity index (χ0v) is 13.1. The molecule has 3 heteroatoms. The van der Waals surface area contributed by atoms with Gasteiger partial charge in [0.05, 0.1) is 0 Å². The van der Waals surface area contributed by atoms with Crippen LogP contribution in [0, 0.1) is 5.41 Å². The summed E-state index contributed by atoms with van der Waals surface area (Å²) in [6, 6.07) is 8.36. The molecular weight excluding hydrogens is 248 g/mol. The third-order valence-corrected chi connectivity index (χ3v) is 4.50. The number of hydrogen-bond acceptors (Lipinski definition) is 3. The number of nitrogen functional groups attached to an aromatic ring is 1. The number of anilines is 1. The van der Waals surface area contributed by atoms with Gasteiger partial charge in [0.15, 0.2) is 0 Å². The lowest BCUT2D eigenvalue weighted by Crippen LogP contribution is -2.39. The van der Waals surface area contributed by atoms with Crippen molar-refractivity contribution in [1.29, 1.82) is 0 Å². The summed E-state index contributed by atoms with van der Waals surface area (Å²) >= 11 is 0. The molecule has 20 heavy (non-hydrogen) atoms. The minimum absolute atomic E-state index is 0.537. The molecule has 3 nitrogen and oxygen atoms in total. The van der Waals surface area contributed by atoms with Gasteiger partial charge in [-0.05, 0) is 50.3 Å². The first-order valence-electron chi connectivity index (χ1n) is 7.65. The highest BCUT2D eigenvalue weighted by Gasteiger charge is 2.28. The fourth-order valence-electron chi connectivity index (χ4n) is 2.92. The zero-order valence-electron chi connectivity index (χ0n) is 13.1. The predicted molar refractivity (Wildman–Crippen MR) is 85.0 cm³/mol. The van der Waals surface area contributed by atoms with Crippen LogP contribution in [-0.2, 0) is 0 Å². The van der Waals surface area contributed by atoms with Gasteiger partial charge in [0.1, 0.15) is 12.4 Å². The molecule has 0 amide bonds. The molecule has 1 aliphatic carbocycles. The van der Waals surface area contributed by atoms with Gasteiger partial charge in [0, 0.05) is 24.3 Å². The molecule has 0 saturated heterocycles. The van der Waals surface area contributed by atoms with E-state index in [-0.39, 0.29) is 0 Å². The summed E-state index contributed by atoms with van der Waals surface area (Å²) in [6.07, 6.45) is 5.28. The van der Waals surface area contributed by atoms with Crippen LogP contribution >= 0.6 is 0 Å². The summed E-state index contributed by atoms with van der Waals surface area (Å²) in [4.78, 5) is 2.45. The lowest BCUT2D eigenvalue weighted by atomic mass is 9.75. The molecule has 112 valence electrons. The number of hydrogen-bond donors (Lipinski definition) is 1. The van der Waals surface area contributed by atoms with Crippen molar-refractivity contribution < 1.29 is 4.74 Å². The summed E-state index contributed by atoms with van der Waals surface area (Å²) < 4.78 is 5.77. The van der Waals surface area contributed by atoms with Crippen molar-refractivity contribution in [2.45, 2.75) is 45.6 Å². The molecule has 2 rings (SSSR count). The van der Waals surface area contributed by atoms with E-state index in [0.29, 0.717) is 11.5 Å². The maximum atomic E-state index is 5.77. The monoisotopic (exact) mass is 276 g/mol. The Morgan fingerprint density at radius 2 is 2.00 bits per heavy atom. The predicted octanol–water partition coefficient (Wildman–Crippen LogP) is 3.55. The van der Waals surface area contributed by atoms with Crippen molar-refractivity contribution in [3.63, 3.8) is 0 Å². The van der Waals surface area contributed by atoms with Crippen LogP contribution in [-0.4, -0.2) is 31.1 Å². The summed E-state index contributed by atoms with van der Waals surface area (Å²) in [5.74, 6) is 0.864. The Hall–Kier alpha value is -1.22. The molecule has 1 aromatic rings. The fourth-order valence-corrected chi connectivity index (χ4v) is 2.92. The lowest BCUT2D eigenvalue weighted by Gasteiger charge is -2.38. The Labute approximate surface area is 123 Å². The van der Waals surface area contributed by atoms with Gasteiger partial charge in [-0.2, -0.15) is 0 Å². The van der Waals surface area contributed by atoms with Crippen LogP contribution in [0.1, 0.15) is 39.5 Å². The molecule has 0 radical (unpaired) electrons. The van der Waals surface area contributed by atoms with E-state index in [1.807, 2.05) is 24.3 Å². The highest BCUT2D eigenvalue weighted by atomic mass is 16.5. The van der Waals surface area contributed by atoms with E-state index >= 15 is 0 Å². The Morgan fingerprint density at radius 3 is 2.65 bits per heavy atom. The van der Waals surface area contributed by atoms with Crippen molar-refractivity contribution >= 4 is 5.69 Å². The SMILES string of the molecule is CN(CCOc1cccc(N)c1)C1CCC(C)(C)CC1. The van der Waals surface area contributed by atoms with E-state index in [0.717, 1.165) is 24.6 Å². The second kappa shape index (κ2) is 6.49. The summed E-state index contributed by atoms with van der Waals surface area (Å²) in [7, 11) is 2.21. The van der Waals surface area contributed by atoms with Gasteiger partial charge in [-0.3, -0.25) is 0 Å². The minimum Gasteiger partial charge on any atom is -0.492 e. The summed E-state index contributed by atoms with van der Waals surface area (Å²) in [6.45, 7) is 6.46. The van der Waals surface area contributed by atoms with Crippen LogP contribution in [0.25, 0.3) is 0 Å². The molecule has 1 saturated carbocycles. The molecule has 1 fully saturated rings. The number of nitrogens with zero attached hydrogens (tertiary/aromatic N) is 1. The first-order chi connectivity index (χ1) is 9.46. The van der Waals surface area contributed by atoms with Gasteiger partial charge in [-0.25, -0.2) is 0 Å². The van der Waals surface area contributed by atoms with Gasteiger partial charge in [-0.15, -0.1) is 0 Å². The van der Waals surface area contributed by atoms with Gasteiger partial charge in [0.2, 0.25) is 0 Å². The highest BCUT2D eigenvalue weighted by molar-refractivity contribution is 5.43. The van der Waals surface area contributed by atoms with Crippen molar-refractivity contribution in [2.24, 2.45) is 5.41 Å². The Bertz CT molecular complexity index is 421. The quantitative estimate of drug-likeness (QED) is 0.836. The van der Waals surface area contributed by atoms with Crippen LogP contribution in [0.5, 0.6) is 5.75 Å². The molecule has 0 bridgehead atoms. The molecule has 0 unspecified atom stereocenters. The first-order valence-corrected chi connectivity index (χ1v) is 7.65. The smallest absolute Gasteiger partial charge is 0.121 e. The number of likely N-dealkylation sites (N-methyl/N-ethyl adjacent to an activating group) is 1. The Morgan fingerprint density at radius 1 is 1.30 bits per heavy atom. The van der Waals surface area contributed by atoms with Crippen LogP contribution in [0.2, 0.25) is 0 Å². The third-order valence-electron chi connectivity index (χ3n) is 4.50. The van der Waals surface area contributed by atoms with Crippen LogP contribution in [0.3, 0.4) is 0 Å². The van der Waals surface area contributed by atoms with E-state index in [2.05, 4.69) is 25.8 Å². The number of nitrogens with two attached hydrogens (primary N) is 1. The molecule has 0 spiro atoms. The van der Waals surface area contributed by atoms with E-state index in [9.17, 15) is 0 Å². The van der Waals surface area contributed by atoms with Gasteiger partial charge >= 0.3 is 0 Å². The Balaban J connectivity index is 1.71. The third kappa shape index (κ3) is 4.41. The van der Waals surface area contributed by atoms with Crippen molar-refractivity contribution in [3.05, 3.63) is 24.3 Å². The first kappa shape index (κ1) is 15.2. The molecule has 0 aromatic heterocycles. The normalized spacial score (nSPS) is 19.2. The average Bonchev–Trinajstić information content (AvgIpc) is 2.38. The van der Waals surface area contributed by atoms with E-state index < -0.39 is 0 Å². The molecule has 0 atom stereocenters. The molecule has 2 N–H and O–H groups in total. The van der Waals surface area contributed by atoms with Crippen molar-refractivity contribution in [1.82, 2.24) is 4.90 Å². The molecule has 0 aliphatic heterocycles. The standard InChI is InChI=1S/C17H28N2O/c1-17(2)9-7-15(8-10-17)19(3)11-12-20-16-6-4-5-14(18)13-16/h4-6,13,15H,7-12,18H2,1-3H3. The molecule has 1 aliphatic rings. The van der Waals surface area contributed by atoms with Crippen LogP contribution in [0.4, 0.5) is 5.69 Å². The molecule has 0 heterocycles. The minimum atomic E-state index is 0.537. The van der Waals surface area contributed by atoms with E-state index in [1.165, 1.54) is 25.7 Å². The molecule has 1 aromatic carbocycles. The van der Waals surface area contributed by atoms with Gasteiger partial charge < -0.3 is 15.4 Å². The number of rotatable bonds is 5. The highest BCUT2D eigenvalue weighted by Crippen LogP contribution is 2.36. The van der Waals surface area contributed by atoms with Gasteiger partial charge in [-0.1, -0.05) is 19.9 Å². The number of benzene rings is 1. The zero-order chi connectivity index (χ0) is 14.6. The maximum Gasteiger partial charge on any atom is 0.121 e. The lowest BCUT2D eigenvalue weighted by molar-refractivity contribution is 0.114. The summed E-state index contributed by atoms with van der Waals surface area (Å²) in [5, 5.41) is 0. The largest absolute Gasteiger partial charge is 0.492 e. The topological polar surface area (TPSA) is 38.5 Å². The van der Waals surface area contributed by atoms with Crippen molar-refractivity contribution in [3.8, 4) is 5.75 Å². The van der Waals surface area contributed by atoms with Gasteiger partial charge in [0.25, 0.3) is 0 Å². The second-order valence-electron chi connectivity index (χ2n) is 6.80. The van der Waals surface area contributed by atoms with Crippen LogP contribution < -0.4 is 10.5 Å². The fraction of sp³-hybridized carbons (Fsp3) is 0.647. The second-order valence-corrected chi connectivity index (χ2v) is 6.80. The van der Waals surface area contributed by atoms with Crippen molar-refractivity contribution in [2.75, 3.05) is 25.9 Å². The van der Waals surface area contributed by atoms with E-state index in [4.69, 9.17) is 10.5 Å². The Kier molecular flexibility index (Phi) is 4.92. The maximum absolute atomic E-state index is 5.77.